The van der Waals surface area contributed by atoms with E-state index in [0.717, 1.165) is 16.7 Å². The van der Waals surface area contributed by atoms with Gasteiger partial charge in [0.25, 0.3) is 5.91 Å². The summed E-state index contributed by atoms with van der Waals surface area (Å²) in [5.74, 6) is 0.192. The van der Waals surface area contributed by atoms with Crippen LogP contribution in [0.25, 0.3) is 0 Å². The minimum Gasteiger partial charge on any atom is -0.508 e. The van der Waals surface area contributed by atoms with Crippen molar-refractivity contribution in [2.75, 3.05) is 26.2 Å². The minimum absolute atomic E-state index is 0.0627. The van der Waals surface area contributed by atoms with E-state index in [1.165, 1.54) is 17.7 Å². The van der Waals surface area contributed by atoms with Gasteiger partial charge >= 0.3 is 0 Å². The molecule has 0 saturated carbocycles. The van der Waals surface area contributed by atoms with Crippen LogP contribution in [-0.4, -0.2) is 52.9 Å². The van der Waals surface area contributed by atoms with Crippen molar-refractivity contribution in [1.29, 1.82) is 0 Å². The third kappa shape index (κ3) is 4.30. The van der Waals surface area contributed by atoms with Crippen LogP contribution in [-0.2, 0) is 11.2 Å². The number of carbonyl (C=O) groups excluding carboxylic acids is 2. The highest BCUT2D eigenvalue weighted by Gasteiger charge is 2.25. The van der Waals surface area contributed by atoms with Crippen LogP contribution in [0.1, 0.15) is 32.6 Å². The molecule has 0 aliphatic carbocycles. The van der Waals surface area contributed by atoms with E-state index >= 15 is 0 Å². The Kier molecular flexibility index (Phi) is 5.49. The van der Waals surface area contributed by atoms with Gasteiger partial charge in [-0.05, 0) is 61.7 Å². The molecule has 3 rings (SSSR count). The van der Waals surface area contributed by atoms with Gasteiger partial charge in [-0.1, -0.05) is 17.7 Å². The maximum atomic E-state index is 12.7. The Balaban J connectivity index is 1.59. The number of benzene rings is 2. The molecule has 0 radical (unpaired) electrons. The van der Waals surface area contributed by atoms with Gasteiger partial charge in [0.15, 0.2) is 0 Å². The lowest BCUT2D eigenvalue weighted by Crippen LogP contribution is -2.51. The molecule has 2 aromatic rings. The van der Waals surface area contributed by atoms with Crippen molar-refractivity contribution in [2.24, 2.45) is 0 Å². The summed E-state index contributed by atoms with van der Waals surface area (Å²) in [6.45, 7) is 8.32. The van der Waals surface area contributed by atoms with E-state index in [1.54, 1.807) is 17.0 Å². The Hall–Kier alpha value is -2.82. The van der Waals surface area contributed by atoms with E-state index in [0.29, 0.717) is 38.2 Å². The lowest BCUT2D eigenvalue weighted by atomic mass is 9.97. The summed E-state index contributed by atoms with van der Waals surface area (Å²) in [4.78, 5) is 28.9. The summed E-state index contributed by atoms with van der Waals surface area (Å²) in [7, 11) is 0. The maximum Gasteiger partial charge on any atom is 0.253 e. The fourth-order valence-electron chi connectivity index (χ4n) is 3.70. The summed E-state index contributed by atoms with van der Waals surface area (Å²) in [5, 5.41) is 9.35. The molecule has 1 N–H and O–H groups in total. The molecule has 1 saturated heterocycles. The summed E-state index contributed by atoms with van der Waals surface area (Å²) >= 11 is 0. The molecule has 0 aromatic heterocycles. The topological polar surface area (TPSA) is 60.9 Å². The fraction of sp³-hybridized carbons (Fsp3) is 0.364. The Morgan fingerprint density at radius 1 is 0.889 bits per heavy atom. The highest BCUT2D eigenvalue weighted by Crippen LogP contribution is 2.19. The molecule has 0 atom stereocenters. The van der Waals surface area contributed by atoms with Crippen molar-refractivity contribution in [2.45, 2.75) is 27.2 Å². The van der Waals surface area contributed by atoms with Crippen molar-refractivity contribution in [3.05, 3.63) is 64.2 Å². The van der Waals surface area contributed by atoms with Crippen molar-refractivity contribution in [3.8, 4) is 5.75 Å². The number of phenolic OH excluding ortho intramolecular Hbond substituents is 1. The molecular formula is C22H26N2O3. The molecule has 0 spiro atoms. The normalized spacial score (nSPS) is 14.3. The van der Waals surface area contributed by atoms with Crippen molar-refractivity contribution in [1.82, 2.24) is 9.80 Å². The first-order valence-electron chi connectivity index (χ1n) is 9.28. The average molecular weight is 366 g/mol. The summed E-state index contributed by atoms with van der Waals surface area (Å²) in [5.41, 5.74) is 5.18. The molecule has 0 bridgehead atoms. The standard InChI is InChI=1S/C22H26N2O3/c1-15-12-16(2)20(17(3)13-15)14-21(26)23-8-10-24(11-9-23)22(27)18-4-6-19(25)7-5-18/h4-7,12-13,25H,8-11,14H2,1-3H3. The quantitative estimate of drug-likeness (QED) is 0.909. The lowest BCUT2D eigenvalue weighted by Gasteiger charge is -2.35. The molecule has 2 amide bonds. The van der Waals surface area contributed by atoms with Gasteiger partial charge < -0.3 is 14.9 Å². The zero-order chi connectivity index (χ0) is 19.6. The second-order valence-electron chi connectivity index (χ2n) is 7.27. The van der Waals surface area contributed by atoms with Crippen molar-refractivity contribution < 1.29 is 14.7 Å². The van der Waals surface area contributed by atoms with Crippen LogP contribution in [0, 0.1) is 20.8 Å². The zero-order valence-corrected chi connectivity index (χ0v) is 16.2. The van der Waals surface area contributed by atoms with E-state index in [2.05, 4.69) is 32.9 Å². The monoisotopic (exact) mass is 366 g/mol. The molecule has 1 fully saturated rings. The molecule has 0 unspecified atom stereocenters. The first kappa shape index (κ1) is 19.0. The Bertz CT molecular complexity index is 827. The molecule has 1 aliphatic rings. The molecule has 5 nitrogen and oxygen atoms in total. The van der Waals surface area contributed by atoms with E-state index in [4.69, 9.17) is 0 Å². The number of rotatable bonds is 3. The second-order valence-corrected chi connectivity index (χ2v) is 7.27. The van der Waals surface area contributed by atoms with Crippen molar-refractivity contribution >= 4 is 11.8 Å². The van der Waals surface area contributed by atoms with Gasteiger partial charge in [-0.3, -0.25) is 9.59 Å². The zero-order valence-electron chi connectivity index (χ0n) is 16.2. The van der Waals surface area contributed by atoms with Crippen LogP contribution in [0.5, 0.6) is 5.75 Å². The highest BCUT2D eigenvalue weighted by atomic mass is 16.3. The molecule has 1 aliphatic heterocycles. The average Bonchev–Trinajstić information content (AvgIpc) is 2.64. The van der Waals surface area contributed by atoms with E-state index in [-0.39, 0.29) is 17.6 Å². The van der Waals surface area contributed by atoms with Gasteiger partial charge in [-0.25, -0.2) is 0 Å². The molecule has 5 heteroatoms. The fourth-order valence-corrected chi connectivity index (χ4v) is 3.70. The number of aromatic hydroxyl groups is 1. The van der Waals surface area contributed by atoms with Crippen LogP contribution in [0.15, 0.2) is 36.4 Å². The smallest absolute Gasteiger partial charge is 0.253 e. The third-order valence-electron chi connectivity index (χ3n) is 5.20. The first-order chi connectivity index (χ1) is 12.8. The minimum atomic E-state index is -0.0627. The molecule has 142 valence electrons. The number of piperazine rings is 1. The number of nitrogens with zero attached hydrogens (tertiary/aromatic N) is 2. The van der Waals surface area contributed by atoms with Crippen LogP contribution >= 0.6 is 0 Å². The maximum absolute atomic E-state index is 12.7. The van der Waals surface area contributed by atoms with Gasteiger partial charge in [-0.15, -0.1) is 0 Å². The van der Waals surface area contributed by atoms with E-state index in [1.807, 2.05) is 4.90 Å². The number of hydrogen-bond donors (Lipinski definition) is 1. The summed E-state index contributed by atoms with van der Waals surface area (Å²) in [6, 6.07) is 10.5. The van der Waals surface area contributed by atoms with Gasteiger partial charge in [0.1, 0.15) is 5.75 Å². The molecule has 1 heterocycles. The lowest BCUT2D eigenvalue weighted by molar-refractivity contribution is -0.131. The number of aryl methyl sites for hydroxylation is 3. The molecular weight excluding hydrogens is 340 g/mol. The predicted molar refractivity (Wildman–Crippen MR) is 105 cm³/mol. The van der Waals surface area contributed by atoms with Crippen LogP contribution in [0.4, 0.5) is 0 Å². The van der Waals surface area contributed by atoms with Crippen LogP contribution in [0.2, 0.25) is 0 Å². The second kappa shape index (κ2) is 7.82. The van der Waals surface area contributed by atoms with Gasteiger partial charge in [-0.2, -0.15) is 0 Å². The first-order valence-corrected chi connectivity index (χ1v) is 9.28. The Morgan fingerprint density at radius 2 is 1.41 bits per heavy atom. The van der Waals surface area contributed by atoms with E-state index < -0.39 is 0 Å². The molecule has 27 heavy (non-hydrogen) atoms. The Morgan fingerprint density at radius 3 is 1.96 bits per heavy atom. The number of amides is 2. The number of hydrogen-bond acceptors (Lipinski definition) is 3. The van der Waals surface area contributed by atoms with Crippen LogP contribution in [0.3, 0.4) is 0 Å². The van der Waals surface area contributed by atoms with Gasteiger partial charge in [0.05, 0.1) is 6.42 Å². The number of phenols is 1. The van der Waals surface area contributed by atoms with Crippen LogP contribution < -0.4 is 0 Å². The highest BCUT2D eigenvalue weighted by molar-refractivity contribution is 5.94. The third-order valence-corrected chi connectivity index (χ3v) is 5.20. The largest absolute Gasteiger partial charge is 0.508 e. The SMILES string of the molecule is Cc1cc(C)c(CC(=O)N2CCN(C(=O)c3ccc(O)cc3)CC2)c(C)c1. The van der Waals surface area contributed by atoms with E-state index in [9.17, 15) is 14.7 Å². The summed E-state index contributed by atoms with van der Waals surface area (Å²) < 4.78 is 0. The molecule has 2 aromatic carbocycles. The predicted octanol–water partition coefficient (Wildman–Crippen LogP) is 2.84. The van der Waals surface area contributed by atoms with Crippen molar-refractivity contribution in [3.63, 3.8) is 0 Å². The Labute approximate surface area is 160 Å². The van der Waals surface area contributed by atoms with Gasteiger partial charge in [0, 0.05) is 31.7 Å². The summed E-state index contributed by atoms with van der Waals surface area (Å²) in [6.07, 6.45) is 0.407. The number of carbonyl (C=O) groups is 2. The van der Waals surface area contributed by atoms with Gasteiger partial charge in [0.2, 0.25) is 5.91 Å².